The van der Waals surface area contributed by atoms with Crippen LogP contribution in [0.25, 0.3) is 6.08 Å². The highest BCUT2D eigenvalue weighted by atomic mass is 16.3. The van der Waals surface area contributed by atoms with Gasteiger partial charge in [0, 0.05) is 0 Å². The van der Waals surface area contributed by atoms with Crippen molar-refractivity contribution in [3.05, 3.63) is 65.2 Å². The fourth-order valence-corrected chi connectivity index (χ4v) is 2.32. The predicted molar refractivity (Wildman–Crippen MR) is 88.3 cm³/mol. The number of hydrogen-bond acceptors (Lipinski definition) is 4. The van der Waals surface area contributed by atoms with Crippen LogP contribution in [0.3, 0.4) is 0 Å². The van der Waals surface area contributed by atoms with Crippen LogP contribution in [-0.4, -0.2) is 23.0 Å². The number of aryl methyl sites for hydroxylation is 1. The first-order valence-electron chi connectivity index (χ1n) is 7.23. The van der Waals surface area contributed by atoms with Crippen LogP contribution >= 0.6 is 0 Å². The molecule has 1 saturated heterocycles. The molecule has 6 nitrogen and oxygen atoms in total. The highest BCUT2D eigenvalue weighted by Crippen LogP contribution is 2.23. The minimum Gasteiger partial charge on any atom is -0.508 e. The van der Waals surface area contributed by atoms with Crippen molar-refractivity contribution in [2.24, 2.45) is 0 Å². The van der Waals surface area contributed by atoms with Crippen molar-refractivity contribution in [2.75, 3.05) is 4.90 Å². The van der Waals surface area contributed by atoms with Crippen molar-refractivity contribution in [1.82, 2.24) is 5.32 Å². The van der Waals surface area contributed by atoms with Crippen LogP contribution in [-0.2, 0) is 9.59 Å². The standard InChI is InChI=1S/C18H14N2O4/c1-11-2-4-12(5-3-11)10-15-16(22)19-18(24)20(17(15)23)13-6-8-14(21)9-7-13/h2-10,21H,1H3,(H,19,22,24)/b15-10+. The zero-order chi connectivity index (χ0) is 17.3. The predicted octanol–water partition coefficient (Wildman–Crippen LogP) is 2.37. The summed E-state index contributed by atoms with van der Waals surface area (Å²) < 4.78 is 0. The number of nitrogens with one attached hydrogen (secondary N) is 1. The van der Waals surface area contributed by atoms with Crippen molar-refractivity contribution < 1.29 is 19.5 Å². The molecule has 1 fully saturated rings. The number of phenols is 1. The first-order valence-corrected chi connectivity index (χ1v) is 7.23. The molecule has 0 spiro atoms. The molecule has 2 aromatic carbocycles. The normalized spacial score (nSPS) is 16.5. The van der Waals surface area contributed by atoms with E-state index in [1.807, 2.05) is 19.1 Å². The van der Waals surface area contributed by atoms with Gasteiger partial charge in [-0.05, 0) is 42.8 Å². The summed E-state index contributed by atoms with van der Waals surface area (Å²) in [5.41, 5.74) is 1.86. The van der Waals surface area contributed by atoms with Gasteiger partial charge in [0.05, 0.1) is 5.69 Å². The largest absolute Gasteiger partial charge is 0.508 e. The van der Waals surface area contributed by atoms with E-state index in [2.05, 4.69) is 5.32 Å². The van der Waals surface area contributed by atoms with Gasteiger partial charge in [-0.3, -0.25) is 14.9 Å². The number of phenolic OH excluding ortho intramolecular Hbond substituents is 1. The van der Waals surface area contributed by atoms with Crippen molar-refractivity contribution in [2.45, 2.75) is 6.92 Å². The number of imide groups is 2. The third kappa shape index (κ3) is 2.89. The second-order valence-corrected chi connectivity index (χ2v) is 5.38. The Kier molecular flexibility index (Phi) is 3.87. The lowest BCUT2D eigenvalue weighted by atomic mass is 10.1. The molecule has 1 heterocycles. The van der Waals surface area contributed by atoms with E-state index in [0.29, 0.717) is 5.56 Å². The molecule has 0 aromatic heterocycles. The highest BCUT2D eigenvalue weighted by Gasteiger charge is 2.36. The molecule has 2 N–H and O–H groups in total. The lowest BCUT2D eigenvalue weighted by molar-refractivity contribution is -0.122. The van der Waals surface area contributed by atoms with Gasteiger partial charge < -0.3 is 5.11 Å². The fourth-order valence-electron chi connectivity index (χ4n) is 2.32. The summed E-state index contributed by atoms with van der Waals surface area (Å²) in [6, 6.07) is 12.0. The molecule has 4 amide bonds. The molecular formula is C18H14N2O4. The number of aromatic hydroxyl groups is 1. The SMILES string of the molecule is Cc1ccc(/C=C2\C(=O)NC(=O)N(c3ccc(O)cc3)C2=O)cc1. The Hall–Kier alpha value is -3.41. The van der Waals surface area contributed by atoms with Crippen LogP contribution < -0.4 is 10.2 Å². The molecule has 0 unspecified atom stereocenters. The van der Waals surface area contributed by atoms with Crippen LogP contribution in [0.4, 0.5) is 10.5 Å². The number of anilines is 1. The molecule has 24 heavy (non-hydrogen) atoms. The molecule has 120 valence electrons. The highest BCUT2D eigenvalue weighted by molar-refractivity contribution is 6.39. The Balaban J connectivity index is 1.99. The van der Waals surface area contributed by atoms with Crippen LogP contribution in [0, 0.1) is 6.92 Å². The maximum atomic E-state index is 12.6. The smallest absolute Gasteiger partial charge is 0.335 e. The number of hydrogen-bond donors (Lipinski definition) is 2. The maximum Gasteiger partial charge on any atom is 0.335 e. The maximum absolute atomic E-state index is 12.6. The lowest BCUT2D eigenvalue weighted by Crippen LogP contribution is -2.54. The van der Waals surface area contributed by atoms with Gasteiger partial charge in [0.25, 0.3) is 11.8 Å². The summed E-state index contributed by atoms with van der Waals surface area (Å²) in [4.78, 5) is 37.5. The molecule has 1 aliphatic rings. The lowest BCUT2D eigenvalue weighted by Gasteiger charge is -2.26. The molecule has 0 atom stereocenters. The number of nitrogens with zero attached hydrogens (tertiary/aromatic N) is 1. The van der Waals surface area contributed by atoms with E-state index in [-0.39, 0.29) is 17.0 Å². The molecular weight excluding hydrogens is 308 g/mol. The third-order valence-electron chi connectivity index (χ3n) is 3.60. The molecule has 2 aromatic rings. The minimum absolute atomic E-state index is 0.00936. The number of carbonyl (C=O) groups excluding carboxylic acids is 3. The van der Waals surface area contributed by atoms with E-state index in [1.54, 1.807) is 12.1 Å². The second kappa shape index (κ2) is 6.00. The third-order valence-corrected chi connectivity index (χ3v) is 3.60. The Morgan fingerprint density at radius 1 is 0.958 bits per heavy atom. The molecule has 1 aliphatic heterocycles. The van der Waals surface area contributed by atoms with Crippen molar-refractivity contribution in [1.29, 1.82) is 0 Å². The van der Waals surface area contributed by atoms with E-state index in [1.165, 1.54) is 30.3 Å². The molecule has 0 radical (unpaired) electrons. The number of benzene rings is 2. The average Bonchev–Trinajstić information content (AvgIpc) is 2.55. The van der Waals surface area contributed by atoms with E-state index < -0.39 is 17.8 Å². The second-order valence-electron chi connectivity index (χ2n) is 5.38. The number of barbiturate groups is 1. The first-order chi connectivity index (χ1) is 11.5. The van der Waals surface area contributed by atoms with Gasteiger partial charge >= 0.3 is 6.03 Å². The summed E-state index contributed by atoms with van der Waals surface area (Å²) in [5, 5.41) is 11.5. The van der Waals surface area contributed by atoms with Crippen molar-refractivity contribution in [3.63, 3.8) is 0 Å². The number of amides is 4. The first kappa shape index (κ1) is 15.5. The number of urea groups is 1. The minimum atomic E-state index is -0.822. The molecule has 6 heteroatoms. The van der Waals surface area contributed by atoms with E-state index in [0.717, 1.165) is 10.5 Å². The van der Waals surface area contributed by atoms with Gasteiger partial charge in [0.1, 0.15) is 11.3 Å². The Labute approximate surface area is 138 Å². The van der Waals surface area contributed by atoms with Gasteiger partial charge in [-0.1, -0.05) is 29.8 Å². The number of rotatable bonds is 2. The molecule has 0 bridgehead atoms. The summed E-state index contributed by atoms with van der Waals surface area (Å²) in [6.07, 6.45) is 1.44. The Morgan fingerprint density at radius 3 is 2.21 bits per heavy atom. The van der Waals surface area contributed by atoms with Gasteiger partial charge in [-0.15, -0.1) is 0 Å². The summed E-state index contributed by atoms with van der Waals surface area (Å²) in [6.45, 7) is 1.93. The van der Waals surface area contributed by atoms with Crippen LogP contribution in [0.5, 0.6) is 5.75 Å². The van der Waals surface area contributed by atoms with E-state index >= 15 is 0 Å². The number of carbonyl (C=O) groups is 3. The van der Waals surface area contributed by atoms with Gasteiger partial charge in [-0.25, -0.2) is 9.69 Å². The van der Waals surface area contributed by atoms with Crippen LogP contribution in [0.1, 0.15) is 11.1 Å². The summed E-state index contributed by atoms with van der Waals surface area (Å²) in [7, 11) is 0. The average molecular weight is 322 g/mol. The topological polar surface area (TPSA) is 86.7 Å². The van der Waals surface area contributed by atoms with E-state index in [4.69, 9.17) is 0 Å². The molecule has 3 rings (SSSR count). The zero-order valence-corrected chi connectivity index (χ0v) is 12.8. The quantitative estimate of drug-likeness (QED) is 0.656. The van der Waals surface area contributed by atoms with Gasteiger partial charge in [0.2, 0.25) is 0 Å². The Bertz CT molecular complexity index is 852. The molecule has 0 aliphatic carbocycles. The van der Waals surface area contributed by atoms with Crippen molar-refractivity contribution in [3.8, 4) is 5.75 Å². The van der Waals surface area contributed by atoms with Gasteiger partial charge in [0.15, 0.2) is 0 Å². The Morgan fingerprint density at radius 2 is 1.58 bits per heavy atom. The van der Waals surface area contributed by atoms with Crippen LogP contribution in [0.2, 0.25) is 0 Å². The monoisotopic (exact) mass is 322 g/mol. The molecule has 0 saturated carbocycles. The van der Waals surface area contributed by atoms with Gasteiger partial charge in [-0.2, -0.15) is 0 Å². The summed E-state index contributed by atoms with van der Waals surface area (Å²) >= 11 is 0. The summed E-state index contributed by atoms with van der Waals surface area (Å²) in [5.74, 6) is -1.44. The fraction of sp³-hybridized carbons (Fsp3) is 0.0556. The van der Waals surface area contributed by atoms with E-state index in [9.17, 15) is 19.5 Å². The zero-order valence-electron chi connectivity index (χ0n) is 12.8. The van der Waals surface area contributed by atoms with Crippen molar-refractivity contribution >= 4 is 29.6 Å². The van der Waals surface area contributed by atoms with Crippen LogP contribution in [0.15, 0.2) is 54.1 Å².